The molecule has 0 amide bonds. The van der Waals surface area contributed by atoms with Gasteiger partial charge in [-0.15, -0.1) is 0 Å². The van der Waals surface area contributed by atoms with Crippen molar-refractivity contribution in [3.05, 3.63) is 54.0 Å². The summed E-state index contributed by atoms with van der Waals surface area (Å²) in [6.45, 7) is 0.0470. The number of hydrogen-bond acceptors (Lipinski definition) is 4. The third-order valence-electron chi connectivity index (χ3n) is 4.60. The number of benzene rings is 1. The van der Waals surface area contributed by atoms with Crippen LogP contribution in [0.25, 0.3) is 0 Å². The molecule has 1 fully saturated rings. The van der Waals surface area contributed by atoms with Crippen molar-refractivity contribution >= 4 is 0 Å². The van der Waals surface area contributed by atoms with E-state index < -0.39 is 0 Å². The van der Waals surface area contributed by atoms with Crippen LogP contribution in [0.3, 0.4) is 0 Å². The van der Waals surface area contributed by atoms with E-state index >= 15 is 0 Å². The number of furan rings is 1. The van der Waals surface area contributed by atoms with Crippen molar-refractivity contribution in [3.63, 3.8) is 0 Å². The minimum atomic E-state index is -0.120. The summed E-state index contributed by atoms with van der Waals surface area (Å²) in [6, 6.07) is 11.6. The van der Waals surface area contributed by atoms with Gasteiger partial charge in [-0.2, -0.15) is 0 Å². The molecule has 0 saturated heterocycles. The maximum absolute atomic E-state index is 9.54. The van der Waals surface area contributed by atoms with Gasteiger partial charge in [0.25, 0.3) is 0 Å². The SMILES string of the molecule is OCC(NC1CCC(c2ccc(O)cc2)CC1)c1ccco1. The van der Waals surface area contributed by atoms with E-state index in [1.165, 1.54) is 5.56 Å². The van der Waals surface area contributed by atoms with Crippen LogP contribution in [-0.2, 0) is 0 Å². The zero-order chi connectivity index (χ0) is 15.4. The Kier molecular flexibility index (Phi) is 4.80. The molecule has 1 aliphatic carbocycles. The van der Waals surface area contributed by atoms with Crippen LogP contribution in [0.15, 0.2) is 47.1 Å². The molecule has 1 saturated carbocycles. The Bertz CT molecular complexity index is 557. The van der Waals surface area contributed by atoms with Crippen molar-refractivity contribution in [2.45, 2.75) is 43.7 Å². The van der Waals surface area contributed by atoms with Gasteiger partial charge in [-0.25, -0.2) is 0 Å². The lowest BCUT2D eigenvalue weighted by Gasteiger charge is -2.31. The first-order valence-electron chi connectivity index (χ1n) is 7.95. The lowest BCUT2D eigenvalue weighted by Crippen LogP contribution is -2.37. The minimum absolute atomic E-state index is 0.0470. The van der Waals surface area contributed by atoms with Crippen LogP contribution < -0.4 is 5.32 Å². The van der Waals surface area contributed by atoms with Crippen LogP contribution >= 0.6 is 0 Å². The van der Waals surface area contributed by atoms with E-state index in [1.807, 2.05) is 24.3 Å². The maximum Gasteiger partial charge on any atom is 0.123 e. The van der Waals surface area contributed by atoms with Crippen LogP contribution in [0.4, 0.5) is 0 Å². The Morgan fingerprint density at radius 3 is 2.41 bits per heavy atom. The minimum Gasteiger partial charge on any atom is -0.508 e. The fourth-order valence-corrected chi connectivity index (χ4v) is 3.34. The summed E-state index contributed by atoms with van der Waals surface area (Å²) >= 11 is 0. The Morgan fingerprint density at radius 2 is 1.82 bits per heavy atom. The topological polar surface area (TPSA) is 65.6 Å². The van der Waals surface area contributed by atoms with Crippen molar-refractivity contribution in [2.24, 2.45) is 0 Å². The molecule has 1 aromatic heterocycles. The molecule has 1 heterocycles. The van der Waals surface area contributed by atoms with Crippen molar-refractivity contribution in [2.75, 3.05) is 6.61 Å². The molecule has 1 unspecified atom stereocenters. The fourth-order valence-electron chi connectivity index (χ4n) is 3.34. The molecule has 0 radical (unpaired) electrons. The van der Waals surface area contributed by atoms with Gasteiger partial charge >= 0.3 is 0 Å². The van der Waals surface area contributed by atoms with Gasteiger partial charge in [-0.3, -0.25) is 0 Å². The summed E-state index contributed by atoms with van der Waals surface area (Å²) < 4.78 is 5.38. The van der Waals surface area contributed by atoms with Crippen LogP contribution in [0, 0.1) is 0 Å². The molecule has 4 nitrogen and oxygen atoms in total. The molecule has 0 bridgehead atoms. The van der Waals surface area contributed by atoms with Gasteiger partial charge < -0.3 is 19.9 Å². The molecule has 1 aliphatic rings. The van der Waals surface area contributed by atoms with Gasteiger partial charge in [0.05, 0.1) is 18.9 Å². The lowest BCUT2D eigenvalue weighted by molar-refractivity contribution is 0.200. The molecule has 118 valence electrons. The third kappa shape index (κ3) is 3.51. The van der Waals surface area contributed by atoms with E-state index in [-0.39, 0.29) is 12.6 Å². The van der Waals surface area contributed by atoms with Crippen molar-refractivity contribution < 1.29 is 14.6 Å². The van der Waals surface area contributed by atoms with E-state index in [2.05, 4.69) is 5.32 Å². The number of aliphatic hydroxyl groups is 1. The van der Waals surface area contributed by atoms with E-state index in [9.17, 15) is 10.2 Å². The first-order chi connectivity index (χ1) is 10.8. The molecule has 2 aromatic rings. The third-order valence-corrected chi connectivity index (χ3v) is 4.60. The van der Waals surface area contributed by atoms with Gasteiger partial charge in [0.1, 0.15) is 11.5 Å². The number of aromatic hydroxyl groups is 1. The second-order valence-corrected chi connectivity index (χ2v) is 6.06. The summed E-state index contributed by atoms with van der Waals surface area (Å²) in [7, 11) is 0. The fraction of sp³-hybridized carbons (Fsp3) is 0.444. The summed E-state index contributed by atoms with van der Waals surface area (Å²) in [6.07, 6.45) is 6.06. The number of aliphatic hydroxyl groups excluding tert-OH is 1. The summed E-state index contributed by atoms with van der Waals surface area (Å²) in [5.41, 5.74) is 1.31. The van der Waals surface area contributed by atoms with Gasteiger partial charge in [0.2, 0.25) is 0 Å². The molecule has 0 spiro atoms. The molecular formula is C18H23NO3. The highest BCUT2D eigenvalue weighted by Gasteiger charge is 2.25. The zero-order valence-corrected chi connectivity index (χ0v) is 12.6. The second-order valence-electron chi connectivity index (χ2n) is 6.06. The summed E-state index contributed by atoms with van der Waals surface area (Å²) in [5.74, 6) is 1.68. The summed E-state index contributed by atoms with van der Waals surface area (Å²) in [5, 5.41) is 22.4. The molecule has 3 N–H and O–H groups in total. The lowest BCUT2D eigenvalue weighted by atomic mass is 9.81. The van der Waals surface area contributed by atoms with Gasteiger partial charge in [0.15, 0.2) is 0 Å². The molecular weight excluding hydrogens is 278 g/mol. The second kappa shape index (κ2) is 6.99. The largest absolute Gasteiger partial charge is 0.508 e. The number of rotatable bonds is 5. The first kappa shape index (κ1) is 15.1. The number of nitrogens with one attached hydrogen (secondary N) is 1. The first-order valence-corrected chi connectivity index (χ1v) is 7.95. The number of phenols is 1. The van der Waals surface area contributed by atoms with Gasteiger partial charge in [-0.05, 0) is 61.4 Å². The van der Waals surface area contributed by atoms with Gasteiger partial charge in [-0.1, -0.05) is 12.1 Å². The predicted octanol–water partition coefficient (Wildman–Crippen LogP) is 3.33. The summed E-state index contributed by atoms with van der Waals surface area (Å²) in [4.78, 5) is 0. The van der Waals surface area contributed by atoms with Crippen LogP contribution in [0.2, 0.25) is 0 Å². The molecule has 3 rings (SSSR count). The van der Waals surface area contributed by atoms with E-state index in [0.717, 1.165) is 31.4 Å². The zero-order valence-electron chi connectivity index (χ0n) is 12.6. The highest BCUT2D eigenvalue weighted by molar-refractivity contribution is 5.28. The quantitative estimate of drug-likeness (QED) is 0.792. The van der Waals surface area contributed by atoms with Crippen molar-refractivity contribution in [1.29, 1.82) is 0 Å². The highest BCUT2D eigenvalue weighted by Crippen LogP contribution is 2.34. The van der Waals surface area contributed by atoms with E-state index in [1.54, 1.807) is 18.4 Å². The maximum atomic E-state index is 9.54. The molecule has 22 heavy (non-hydrogen) atoms. The van der Waals surface area contributed by atoms with Crippen molar-refractivity contribution in [1.82, 2.24) is 5.32 Å². The highest BCUT2D eigenvalue weighted by atomic mass is 16.3. The van der Waals surface area contributed by atoms with Crippen LogP contribution in [0.1, 0.15) is 49.0 Å². The predicted molar refractivity (Wildman–Crippen MR) is 84.8 cm³/mol. The number of phenolic OH excluding ortho intramolecular Hbond substituents is 1. The Hall–Kier alpha value is -1.78. The van der Waals surface area contributed by atoms with E-state index in [4.69, 9.17) is 4.42 Å². The monoisotopic (exact) mass is 301 g/mol. The van der Waals surface area contributed by atoms with Crippen LogP contribution in [0.5, 0.6) is 5.75 Å². The average Bonchev–Trinajstić information content (AvgIpc) is 3.08. The van der Waals surface area contributed by atoms with Gasteiger partial charge in [0, 0.05) is 6.04 Å². The molecule has 1 aromatic carbocycles. The van der Waals surface area contributed by atoms with Crippen LogP contribution in [-0.4, -0.2) is 22.9 Å². The Morgan fingerprint density at radius 1 is 1.09 bits per heavy atom. The number of hydrogen-bond donors (Lipinski definition) is 3. The molecule has 4 heteroatoms. The Labute approximate surface area is 130 Å². The Balaban J connectivity index is 1.54. The normalized spacial score (nSPS) is 23.3. The standard InChI is InChI=1S/C18H23NO3/c20-12-17(18-2-1-11-22-18)19-15-7-3-13(4-8-15)14-5-9-16(21)10-6-14/h1-2,5-6,9-11,13,15,17,19-21H,3-4,7-8,12H2. The van der Waals surface area contributed by atoms with Crippen molar-refractivity contribution in [3.8, 4) is 5.75 Å². The van der Waals surface area contributed by atoms with E-state index in [0.29, 0.717) is 17.7 Å². The molecule has 0 aliphatic heterocycles. The smallest absolute Gasteiger partial charge is 0.123 e. The molecule has 1 atom stereocenters. The average molecular weight is 301 g/mol.